The summed E-state index contributed by atoms with van der Waals surface area (Å²) >= 11 is 0. The van der Waals surface area contributed by atoms with E-state index in [0.29, 0.717) is 6.04 Å². The molecular weight excluding hydrogens is 250 g/mol. The highest BCUT2D eigenvalue weighted by Crippen LogP contribution is 2.17. The molecule has 0 aromatic carbocycles. The number of nitrogens with one attached hydrogen (secondary N) is 1. The first-order valence-corrected chi connectivity index (χ1v) is 7.66. The number of anilines is 2. The summed E-state index contributed by atoms with van der Waals surface area (Å²) in [5.41, 5.74) is 1.09. The number of hydrogen-bond donors (Lipinski definition) is 1. The van der Waals surface area contributed by atoms with Crippen LogP contribution in [0.2, 0.25) is 0 Å². The van der Waals surface area contributed by atoms with E-state index >= 15 is 0 Å². The van der Waals surface area contributed by atoms with E-state index in [0.717, 1.165) is 37.0 Å². The molecule has 5 nitrogen and oxygen atoms in total. The van der Waals surface area contributed by atoms with E-state index in [1.807, 2.05) is 19.0 Å². The first-order chi connectivity index (χ1) is 9.62. The Bertz CT molecular complexity index is 432. The van der Waals surface area contributed by atoms with Gasteiger partial charge in [-0.15, -0.1) is 0 Å². The maximum Gasteiger partial charge on any atom is 0.226 e. The molecule has 1 aliphatic heterocycles. The number of rotatable bonds is 5. The molecule has 2 heterocycles. The Hall–Kier alpha value is -1.36. The summed E-state index contributed by atoms with van der Waals surface area (Å²) in [6.07, 6.45) is 3.42. The number of aromatic nitrogens is 2. The Morgan fingerprint density at radius 1 is 1.35 bits per heavy atom. The van der Waals surface area contributed by atoms with Gasteiger partial charge < -0.3 is 15.1 Å². The molecule has 5 heteroatoms. The van der Waals surface area contributed by atoms with E-state index in [1.54, 1.807) is 0 Å². The molecule has 0 radical (unpaired) electrons. The van der Waals surface area contributed by atoms with Crippen LogP contribution in [0, 0.1) is 0 Å². The van der Waals surface area contributed by atoms with Crippen molar-refractivity contribution in [1.29, 1.82) is 0 Å². The molecule has 1 aromatic heterocycles. The SMILES string of the molecule is CCc1cc(N[C@H]2CCCN(CC)C2)nc(N(C)C)n1. The zero-order valence-corrected chi connectivity index (χ0v) is 13.2. The van der Waals surface area contributed by atoms with E-state index in [4.69, 9.17) is 0 Å². The van der Waals surface area contributed by atoms with Gasteiger partial charge in [-0.25, -0.2) is 4.98 Å². The van der Waals surface area contributed by atoms with Crippen LogP contribution in [0.25, 0.3) is 0 Å². The molecule has 1 aromatic rings. The third-order valence-corrected chi connectivity index (χ3v) is 3.83. The number of piperidine rings is 1. The number of likely N-dealkylation sites (N-methyl/N-ethyl adjacent to an activating group) is 1. The van der Waals surface area contributed by atoms with E-state index < -0.39 is 0 Å². The molecule has 0 saturated carbocycles. The quantitative estimate of drug-likeness (QED) is 0.892. The van der Waals surface area contributed by atoms with E-state index in [1.165, 1.54) is 19.4 Å². The summed E-state index contributed by atoms with van der Waals surface area (Å²) in [7, 11) is 3.97. The van der Waals surface area contributed by atoms with Crippen LogP contribution in [0.3, 0.4) is 0 Å². The first-order valence-electron chi connectivity index (χ1n) is 7.66. The Balaban J connectivity index is 2.09. The van der Waals surface area contributed by atoms with Crippen LogP contribution < -0.4 is 10.2 Å². The fraction of sp³-hybridized carbons (Fsp3) is 0.733. The Morgan fingerprint density at radius 2 is 2.15 bits per heavy atom. The Labute approximate surface area is 122 Å². The highest BCUT2D eigenvalue weighted by Gasteiger charge is 2.19. The van der Waals surface area contributed by atoms with Crippen LogP contribution in [-0.4, -0.2) is 54.6 Å². The third kappa shape index (κ3) is 3.82. The van der Waals surface area contributed by atoms with Crippen LogP contribution in [0.4, 0.5) is 11.8 Å². The molecule has 1 N–H and O–H groups in total. The minimum atomic E-state index is 0.498. The normalized spacial score (nSPS) is 19.9. The van der Waals surface area contributed by atoms with Crippen LogP contribution in [0.1, 0.15) is 32.4 Å². The molecular formula is C15H27N5. The molecule has 2 rings (SSSR count). The van der Waals surface area contributed by atoms with Crippen molar-refractivity contribution in [2.45, 2.75) is 39.2 Å². The van der Waals surface area contributed by atoms with Crippen molar-refractivity contribution in [3.63, 3.8) is 0 Å². The summed E-state index contributed by atoms with van der Waals surface area (Å²) in [4.78, 5) is 13.6. The van der Waals surface area contributed by atoms with Gasteiger partial charge in [-0.05, 0) is 32.4 Å². The molecule has 0 aliphatic carbocycles. The van der Waals surface area contributed by atoms with Crippen LogP contribution >= 0.6 is 0 Å². The number of nitrogens with zero attached hydrogens (tertiary/aromatic N) is 4. The number of likely N-dealkylation sites (tertiary alicyclic amines) is 1. The van der Waals surface area contributed by atoms with Gasteiger partial charge >= 0.3 is 0 Å². The molecule has 1 atom stereocenters. The lowest BCUT2D eigenvalue weighted by Gasteiger charge is -2.32. The van der Waals surface area contributed by atoms with E-state index in [-0.39, 0.29) is 0 Å². The zero-order chi connectivity index (χ0) is 14.5. The predicted octanol–water partition coefficient (Wildman–Crippen LogP) is 2.00. The van der Waals surface area contributed by atoms with Crippen molar-refractivity contribution in [3.05, 3.63) is 11.8 Å². The van der Waals surface area contributed by atoms with Crippen molar-refractivity contribution in [3.8, 4) is 0 Å². The maximum absolute atomic E-state index is 4.61. The van der Waals surface area contributed by atoms with E-state index in [2.05, 4.69) is 40.1 Å². The topological polar surface area (TPSA) is 44.3 Å². The van der Waals surface area contributed by atoms with Gasteiger partial charge in [-0.3, -0.25) is 0 Å². The smallest absolute Gasteiger partial charge is 0.226 e. The number of aryl methyl sites for hydroxylation is 1. The summed E-state index contributed by atoms with van der Waals surface area (Å²) < 4.78 is 0. The minimum Gasteiger partial charge on any atom is -0.366 e. The molecule has 0 bridgehead atoms. The summed E-state index contributed by atoms with van der Waals surface area (Å²) in [5, 5.41) is 3.60. The van der Waals surface area contributed by atoms with Crippen molar-refractivity contribution < 1.29 is 0 Å². The average molecular weight is 277 g/mol. The van der Waals surface area contributed by atoms with Gasteiger partial charge in [0, 0.05) is 38.4 Å². The lowest BCUT2D eigenvalue weighted by Crippen LogP contribution is -2.42. The van der Waals surface area contributed by atoms with Gasteiger partial charge in [-0.2, -0.15) is 4.98 Å². The predicted molar refractivity (Wildman–Crippen MR) is 84.5 cm³/mol. The summed E-state index contributed by atoms with van der Waals surface area (Å²) in [6, 6.07) is 2.58. The van der Waals surface area contributed by atoms with Gasteiger partial charge in [0.1, 0.15) is 5.82 Å². The second kappa shape index (κ2) is 6.88. The van der Waals surface area contributed by atoms with Crippen LogP contribution in [0.15, 0.2) is 6.07 Å². The molecule has 1 aliphatic rings. The largest absolute Gasteiger partial charge is 0.366 e. The van der Waals surface area contributed by atoms with Crippen LogP contribution in [-0.2, 0) is 6.42 Å². The Kier molecular flexibility index (Phi) is 5.17. The fourth-order valence-corrected chi connectivity index (χ4v) is 2.61. The van der Waals surface area contributed by atoms with Crippen molar-refractivity contribution in [1.82, 2.24) is 14.9 Å². The summed E-state index contributed by atoms with van der Waals surface area (Å²) in [6.45, 7) is 7.82. The second-order valence-electron chi connectivity index (χ2n) is 5.67. The lowest BCUT2D eigenvalue weighted by molar-refractivity contribution is 0.226. The zero-order valence-electron chi connectivity index (χ0n) is 13.2. The molecule has 1 fully saturated rings. The minimum absolute atomic E-state index is 0.498. The van der Waals surface area contributed by atoms with E-state index in [9.17, 15) is 0 Å². The monoisotopic (exact) mass is 277 g/mol. The first kappa shape index (κ1) is 15.0. The molecule has 112 valence electrons. The second-order valence-corrected chi connectivity index (χ2v) is 5.67. The van der Waals surface area contributed by atoms with Crippen molar-refractivity contribution in [2.24, 2.45) is 0 Å². The third-order valence-electron chi connectivity index (χ3n) is 3.83. The van der Waals surface area contributed by atoms with Crippen molar-refractivity contribution in [2.75, 3.05) is 43.9 Å². The van der Waals surface area contributed by atoms with Gasteiger partial charge in [0.05, 0.1) is 0 Å². The van der Waals surface area contributed by atoms with Gasteiger partial charge in [0.2, 0.25) is 5.95 Å². The van der Waals surface area contributed by atoms with Gasteiger partial charge in [0.25, 0.3) is 0 Å². The Morgan fingerprint density at radius 3 is 2.80 bits per heavy atom. The van der Waals surface area contributed by atoms with Gasteiger partial charge in [0.15, 0.2) is 0 Å². The standard InChI is InChI=1S/C15H27N5/c1-5-12-10-14(18-15(17-12)19(3)4)16-13-8-7-9-20(6-2)11-13/h10,13H,5-9,11H2,1-4H3,(H,16,17,18)/t13-/m0/s1. The van der Waals surface area contributed by atoms with Crippen LogP contribution in [0.5, 0.6) is 0 Å². The van der Waals surface area contributed by atoms with Crippen molar-refractivity contribution >= 4 is 11.8 Å². The fourth-order valence-electron chi connectivity index (χ4n) is 2.61. The number of hydrogen-bond acceptors (Lipinski definition) is 5. The highest BCUT2D eigenvalue weighted by atomic mass is 15.2. The highest BCUT2D eigenvalue weighted by molar-refractivity contribution is 5.44. The molecule has 0 spiro atoms. The lowest BCUT2D eigenvalue weighted by atomic mass is 10.1. The molecule has 20 heavy (non-hydrogen) atoms. The summed E-state index contributed by atoms with van der Waals surface area (Å²) in [5.74, 6) is 1.75. The average Bonchev–Trinajstić information content (AvgIpc) is 2.47. The maximum atomic E-state index is 4.61. The van der Waals surface area contributed by atoms with Gasteiger partial charge in [-0.1, -0.05) is 13.8 Å². The molecule has 0 unspecified atom stereocenters. The molecule has 1 saturated heterocycles. The molecule has 0 amide bonds.